The molecule has 2 heterocycles. The van der Waals surface area contributed by atoms with Crippen molar-refractivity contribution in [2.45, 2.75) is 65.5 Å². The number of anilines is 1. The molecule has 0 saturated carbocycles. The fraction of sp³-hybridized carbons (Fsp3) is 0.500. The fourth-order valence-corrected chi connectivity index (χ4v) is 4.82. The van der Waals surface area contributed by atoms with E-state index in [2.05, 4.69) is 57.0 Å². The van der Waals surface area contributed by atoms with Crippen molar-refractivity contribution in [1.29, 1.82) is 0 Å². The van der Waals surface area contributed by atoms with Gasteiger partial charge in [0.25, 0.3) is 11.8 Å². The first-order valence-electron chi connectivity index (χ1n) is 9.73. The molecule has 1 atom stereocenters. The van der Waals surface area contributed by atoms with Gasteiger partial charge in [-0.2, -0.15) is 0 Å². The maximum Gasteiger partial charge on any atom is 0.265 e. The van der Waals surface area contributed by atoms with Crippen LogP contribution in [-0.4, -0.2) is 40.5 Å². The number of likely N-dealkylation sites (N-methyl/N-ethyl adjacent to an activating group) is 1. The monoisotopic (exact) mass is 399 g/mol. The highest BCUT2D eigenvalue weighted by Crippen LogP contribution is 2.45. The minimum absolute atomic E-state index is 0.0740. The molecule has 1 aromatic rings. The molecule has 0 radical (unpaired) electrons. The molecule has 2 aliphatic heterocycles. The van der Waals surface area contributed by atoms with Crippen molar-refractivity contribution >= 4 is 40.9 Å². The summed E-state index contributed by atoms with van der Waals surface area (Å²) in [7, 11) is 1.57. The summed E-state index contributed by atoms with van der Waals surface area (Å²) in [5.41, 5.74) is 4.63. The number of nitrogens with one attached hydrogen (secondary N) is 1. The molecule has 150 valence electrons. The first-order valence-corrected chi connectivity index (χ1v) is 10.1. The van der Waals surface area contributed by atoms with Gasteiger partial charge in [-0.15, -0.1) is 0 Å². The Labute approximate surface area is 172 Å². The van der Waals surface area contributed by atoms with Crippen LogP contribution in [0.2, 0.25) is 0 Å². The summed E-state index contributed by atoms with van der Waals surface area (Å²) >= 11 is 5.02. The van der Waals surface area contributed by atoms with E-state index < -0.39 is 5.91 Å². The molecule has 0 spiro atoms. The van der Waals surface area contributed by atoms with Crippen molar-refractivity contribution in [2.24, 2.45) is 0 Å². The number of benzene rings is 1. The van der Waals surface area contributed by atoms with Gasteiger partial charge in [0, 0.05) is 24.3 Å². The minimum Gasteiger partial charge on any atom is -0.364 e. The molecular formula is C22H29N3O2S. The third-order valence-corrected chi connectivity index (χ3v) is 6.16. The molecule has 2 aliphatic rings. The van der Waals surface area contributed by atoms with Gasteiger partial charge >= 0.3 is 0 Å². The number of nitrogens with zero attached hydrogens (tertiary/aromatic N) is 2. The highest BCUT2D eigenvalue weighted by atomic mass is 32.1. The second kappa shape index (κ2) is 6.99. The predicted octanol–water partition coefficient (Wildman–Crippen LogP) is 3.75. The number of thiocarbonyl (C=S) groups is 1. The summed E-state index contributed by atoms with van der Waals surface area (Å²) in [5.74, 6) is -0.420. The van der Waals surface area contributed by atoms with Crippen LogP contribution in [0, 0.1) is 6.92 Å². The number of rotatable bonds is 2. The number of hydrogen-bond acceptors (Lipinski definition) is 4. The number of amides is 2. The first kappa shape index (κ1) is 20.5. The predicted molar refractivity (Wildman–Crippen MR) is 117 cm³/mol. The smallest absolute Gasteiger partial charge is 0.265 e. The Morgan fingerprint density at radius 3 is 2.54 bits per heavy atom. The topological polar surface area (TPSA) is 52.7 Å². The average Bonchev–Trinajstić information content (AvgIpc) is 2.56. The van der Waals surface area contributed by atoms with Gasteiger partial charge in [0.15, 0.2) is 5.11 Å². The molecule has 1 saturated heterocycles. The molecule has 3 rings (SSSR count). The second-order valence-corrected chi connectivity index (χ2v) is 9.22. The van der Waals surface area contributed by atoms with Crippen LogP contribution in [0.25, 0.3) is 6.08 Å². The highest BCUT2D eigenvalue weighted by Gasteiger charge is 2.38. The van der Waals surface area contributed by atoms with Crippen LogP contribution in [0.3, 0.4) is 0 Å². The van der Waals surface area contributed by atoms with Crippen molar-refractivity contribution < 1.29 is 9.59 Å². The molecular weight excluding hydrogens is 370 g/mol. The van der Waals surface area contributed by atoms with Crippen LogP contribution in [0.15, 0.2) is 17.7 Å². The number of carbonyl (C=O) groups is 2. The molecule has 5 nitrogen and oxygen atoms in total. The standard InChI is InChI=1S/C22H29N3O2S/c1-12(2)25-18-8-13(3)15(9-16(18)14(4)11-22(25,5)6)10-17-19(26)23-21(28)24(7)20(17)27/h8-10,12,14H,11H2,1-7H3,(H,23,26,28)/b17-10+/t14-/m0/s1. The Morgan fingerprint density at radius 1 is 1.29 bits per heavy atom. The normalized spacial score (nSPS) is 23.4. The van der Waals surface area contributed by atoms with Gasteiger partial charge in [-0.3, -0.25) is 19.8 Å². The molecule has 1 N–H and O–H groups in total. The third kappa shape index (κ3) is 3.34. The zero-order valence-corrected chi connectivity index (χ0v) is 18.5. The van der Waals surface area contributed by atoms with Crippen LogP contribution in [0.5, 0.6) is 0 Å². The molecule has 0 aliphatic carbocycles. The van der Waals surface area contributed by atoms with Crippen molar-refractivity contribution in [3.63, 3.8) is 0 Å². The average molecular weight is 400 g/mol. The maximum absolute atomic E-state index is 12.5. The highest BCUT2D eigenvalue weighted by molar-refractivity contribution is 7.80. The van der Waals surface area contributed by atoms with Gasteiger partial charge < -0.3 is 4.90 Å². The molecule has 1 fully saturated rings. The zero-order chi connectivity index (χ0) is 21.0. The van der Waals surface area contributed by atoms with Crippen LogP contribution in [0.1, 0.15) is 63.6 Å². The fourth-order valence-electron chi connectivity index (χ4n) is 4.65. The SMILES string of the molecule is Cc1cc2c(cc1/C=C1\C(=O)NC(=S)N(C)C1=O)[C@@H](C)CC(C)(C)N2C(C)C. The minimum atomic E-state index is -0.441. The number of hydrogen-bond donors (Lipinski definition) is 1. The van der Waals surface area contributed by atoms with E-state index in [0.29, 0.717) is 12.0 Å². The van der Waals surface area contributed by atoms with Crippen molar-refractivity contribution in [3.8, 4) is 0 Å². The van der Waals surface area contributed by atoms with E-state index in [1.54, 1.807) is 13.1 Å². The van der Waals surface area contributed by atoms with E-state index in [9.17, 15) is 9.59 Å². The summed E-state index contributed by atoms with van der Waals surface area (Å²) in [6.07, 6.45) is 2.74. The number of fused-ring (bicyclic) bond motifs is 1. The molecule has 0 aromatic heterocycles. The molecule has 6 heteroatoms. The van der Waals surface area contributed by atoms with E-state index in [1.165, 1.54) is 16.2 Å². The van der Waals surface area contributed by atoms with Crippen molar-refractivity contribution in [2.75, 3.05) is 11.9 Å². The lowest BCUT2D eigenvalue weighted by atomic mass is 9.78. The van der Waals surface area contributed by atoms with Gasteiger partial charge in [0.05, 0.1) is 0 Å². The molecule has 0 bridgehead atoms. The first-order chi connectivity index (χ1) is 12.9. The summed E-state index contributed by atoms with van der Waals surface area (Å²) < 4.78 is 0. The summed E-state index contributed by atoms with van der Waals surface area (Å²) in [5, 5.41) is 2.71. The van der Waals surface area contributed by atoms with Gasteiger partial charge in [-0.1, -0.05) is 6.92 Å². The molecule has 0 unspecified atom stereocenters. The molecule has 2 amide bonds. The summed E-state index contributed by atoms with van der Waals surface area (Å²) in [4.78, 5) is 28.7. The van der Waals surface area contributed by atoms with Crippen LogP contribution in [-0.2, 0) is 9.59 Å². The summed E-state index contributed by atoms with van der Waals surface area (Å²) in [6.45, 7) is 13.3. The van der Waals surface area contributed by atoms with Gasteiger partial charge in [-0.05, 0) is 94.1 Å². The number of aryl methyl sites for hydroxylation is 1. The number of carbonyl (C=O) groups excluding carboxylic acids is 2. The van der Waals surface area contributed by atoms with Crippen LogP contribution in [0.4, 0.5) is 5.69 Å². The Morgan fingerprint density at radius 2 is 1.93 bits per heavy atom. The summed E-state index contributed by atoms with van der Waals surface area (Å²) in [6, 6.07) is 4.71. The Kier molecular flexibility index (Phi) is 5.13. The molecule has 1 aromatic carbocycles. The van der Waals surface area contributed by atoms with Crippen LogP contribution >= 0.6 is 12.2 Å². The second-order valence-electron chi connectivity index (χ2n) is 8.83. The van der Waals surface area contributed by atoms with E-state index in [0.717, 1.165) is 17.5 Å². The lowest BCUT2D eigenvalue weighted by Crippen LogP contribution is -2.52. The lowest BCUT2D eigenvalue weighted by molar-refractivity contribution is -0.128. The third-order valence-electron chi connectivity index (χ3n) is 5.78. The Hall–Kier alpha value is -2.21. The largest absolute Gasteiger partial charge is 0.364 e. The van der Waals surface area contributed by atoms with Gasteiger partial charge in [0.2, 0.25) is 0 Å². The Balaban J connectivity index is 2.12. The van der Waals surface area contributed by atoms with Gasteiger partial charge in [0.1, 0.15) is 5.57 Å². The lowest BCUT2D eigenvalue weighted by Gasteiger charge is -2.50. The van der Waals surface area contributed by atoms with Crippen molar-refractivity contribution in [1.82, 2.24) is 10.2 Å². The van der Waals surface area contributed by atoms with Crippen molar-refractivity contribution in [3.05, 3.63) is 34.4 Å². The quantitative estimate of drug-likeness (QED) is 0.467. The zero-order valence-electron chi connectivity index (χ0n) is 17.7. The Bertz CT molecular complexity index is 901. The van der Waals surface area contributed by atoms with E-state index in [4.69, 9.17) is 12.2 Å². The van der Waals surface area contributed by atoms with E-state index in [1.807, 2.05) is 6.92 Å². The van der Waals surface area contributed by atoms with Crippen LogP contribution < -0.4 is 10.2 Å². The van der Waals surface area contributed by atoms with E-state index in [-0.39, 0.29) is 22.1 Å². The van der Waals surface area contributed by atoms with E-state index >= 15 is 0 Å². The molecule has 28 heavy (non-hydrogen) atoms. The maximum atomic E-state index is 12.5. The van der Waals surface area contributed by atoms with Gasteiger partial charge in [-0.25, -0.2) is 0 Å².